The Labute approximate surface area is 184 Å². The van der Waals surface area contributed by atoms with Crippen molar-refractivity contribution < 1.29 is 22.4 Å². The van der Waals surface area contributed by atoms with Gasteiger partial charge in [-0.05, 0) is 42.0 Å². The number of urea groups is 1. The molecule has 0 spiro atoms. The number of nitrogens with zero attached hydrogens (tertiary/aromatic N) is 4. The maximum absolute atomic E-state index is 13.4. The van der Waals surface area contributed by atoms with E-state index < -0.39 is 29.5 Å². The first-order chi connectivity index (χ1) is 15.2. The molecule has 6 nitrogen and oxygen atoms in total. The van der Waals surface area contributed by atoms with Crippen molar-refractivity contribution in [1.29, 1.82) is 0 Å². The summed E-state index contributed by atoms with van der Waals surface area (Å²) in [5, 5.41) is 8.16. The van der Waals surface area contributed by atoms with Crippen molar-refractivity contribution in [2.45, 2.75) is 12.1 Å². The summed E-state index contributed by atoms with van der Waals surface area (Å²) in [5.41, 5.74) is 0.831. The summed E-state index contributed by atoms with van der Waals surface area (Å²) >= 11 is 5.95. The van der Waals surface area contributed by atoms with Gasteiger partial charge in [0, 0.05) is 11.9 Å². The number of rotatable bonds is 3. The van der Waals surface area contributed by atoms with Crippen LogP contribution in [0.25, 0.3) is 0 Å². The molecule has 3 aromatic rings. The lowest BCUT2D eigenvalue weighted by Gasteiger charge is -2.15. The summed E-state index contributed by atoms with van der Waals surface area (Å²) < 4.78 is 51.6. The first-order valence-corrected chi connectivity index (χ1v) is 9.66. The number of carbonyl (C=O) groups excluding carboxylic acids is 1. The summed E-state index contributed by atoms with van der Waals surface area (Å²) in [4.78, 5) is 21.0. The third-order valence-corrected chi connectivity index (χ3v) is 4.91. The average molecular weight is 464 g/mol. The number of nitrogens with one attached hydrogen (secondary N) is 1. The number of carbonyl (C=O) groups is 1. The SMILES string of the molecule is O=C(Nc1ccc(C(F)(F)F)cc1)N1CC(c2cncc(Cl)n2)C(c2ccc(F)cc2)=N1. The number of alkyl halides is 3. The van der Waals surface area contributed by atoms with Crippen LogP contribution in [-0.4, -0.2) is 33.3 Å². The molecular weight excluding hydrogens is 450 g/mol. The van der Waals surface area contributed by atoms with Crippen LogP contribution in [0.3, 0.4) is 0 Å². The second-order valence-electron chi connectivity index (χ2n) is 6.90. The number of hydrazone groups is 1. The van der Waals surface area contributed by atoms with E-state index in [0.29, 0.717) is 17.0 Å². The van der Waals surface area contributed by atoms with E-state index in [0.717, 1.165) is 29.3 Å². The van der Waals surface area contributed by atoms with Gasteiger partial charge in [-0.2, -0.15) is 18.3 Å². The highest BCUT2D eigenvalue weighted by atomic mass is 35.5. The number of hydrogen-bond acceptors (Lipinski definition) is 4. The third kappa shape index (κ3) is 4.70. The Bertz CT molecular complexity index is 1170. The maximum Gasteiger partial charge on any atom is 0.416 e. The van der Waals surface area contributed by atoms with Crippen LogP contribution >= 0.6 is 11.6 Å². The van der Waals surface area contributed by atoms with E-state index in [1.54, 1.807) is 0 Å². The quantitative estimate of drug-likeness (QED) is 0.534. The van der Waals surface area contributed by atoms with Gasteiger partial charge in [-0.1, -0.05) is 23.7 Å². The minimum atomic E-state index is -4.48. The summed E-state index contributed by atoms with van der Waals surface area (Å²) in [6, 6.07) is 8.98. The van der Waals surface area contributed by atoms with Crippen molar-refractivity contribution >= 4 is 29.0 Å². The highest BCUT2D eigenvalue weighted by molar-refractivity contribution is 6.29. The van der Waals surface area contributed by atoms with Crippen molar-refractivity contribution in [3.8, 4) is 0 Å². The van der Waals surface area contributed by atoms with Crippen molar-refractivity contribution in [1.82, 2.24) is 15.0 Å². The number of aromatic nitrogens is 2. The molecule has 4 rings (SSSR count). The Hall–Kier alpha value is -3.53. The highest BCUT2D eigenvalue weighted by Gasteiger charge is 2.34. The van der Waals surface area contributed by atoms with E-state index in [-0.39, 0.29) is 17.4 Å². The molecule has 32 heavy (non-hydrogen) atoms. The number of benzene rings is 2. The largest absolute Gasteiger partial charge is 0.416 e. The summed E-state index contributed by atoms with van der Waals surface area (Å²) in [7, 11) is 0. The van der Waals surface area contributed by atoms with E-state index in [1.807, 2.05) is 0 Å². The van der Waals surface area contributed by atoms with Crippen molar-refractivity contribution in [2.24, 2.45) is 5.10 Å². The number of hydrogen-bond donors (Lipinski definition) is 1. The first-order valence-electron chi connectivity index (χ1n) is 9.28. The van der Waals surface area contributed by atoms with Gasteiger partial charge in [-0.15, -0.1) is 0 Å². The Morgan fingerprint density at radius 2 is 1.75 bits per heavy atom. The van der Waals surface area contributed by atoms with E-state index in [4.69, 9.17) is 11.6 Å². The molecule has 11 heteroatoms. The minimum Gasteiger partial charge on any atom is -0.306 e. The van der Waals surface area contributed by atoms with Gasteiger partial charge in [0.05, 0.1) is 35.6 Å². The fourth-order valence-electron chi connectivity index (χ4n) is 3.20. The number of halogens is 5. The van der Waals surface area contributed by atoms with Crippen LogP contribution < -0.4 is 5.32 Å². The zero-order valence-electron chi connectivity index (χ0n) is 16.1. The van der Waals surface area contributed by atoms with Crippen LogP contribution in [0.4, 0.5) is 28.0 Å². The molecule has 164 valence electrons. The Balaban J connectivity index is 1.59. The topological polar surface area (TPSA) is 70.5 Å². The van der Waals surface area contributed by atoms with Crippen LogP contribution in [-0.2, 0) is 6.18 Å². The molecule has 0 saturated heterocycles. The van der Waals surface area contributed by atoms with Gasteiger partial charge in [0.15, 0.2) is 0 Å². The fraction of sp³-hybridized carbons (Fsp3) is 0.143. The van der Waals surface area contributed by atoms with E-state index in [2.05, 4.69) is 20.4 Å². The highest BCUT2D eigenvalue weighted by Crippen LogP contribution is 2.31. The van der Waals surface area contributed by atoms with Crippen LogP contribution in [0, 0.1) is 5.82 Å². The molecule has 1 atom stereocenters. The van der Waals surface area contributed by atoms with Gasteiger partial charge in [0.25, 0.3) is 0 Å². The molecule has 0 bridgehead atoms. The minimum absolute atomic E-state index is 0.0776. The summed E-state index contributed by atoms with van der Waals surface area (Å²) in [6.07, 6.45) is -1.62. The Morgan fingerprint density at radius 1 is 1.06 bits per heavy atom. The molecular formula is C21H14ClF4N5O. The van der Waals surface area contributed by atoms with Gasteiger partial charge in [-0.25, -0.2) is 19.2 Å². The molecule has 0 saturated carbocycles. The zero-order valence-corrected chi connectivity index (χ0v) is 16.9. The molecule has 0 radical (unpaired) electrons. The normalized spacial score (nSPS) is 16.1. The summed E-state index contributed by atoms with van der Waals surface area (Å²) in [6.45, 7) is 0.0776. The lowest BCUT2D eigenvalue weighted by atomic mass is 9.95. The summed E-state index contributed by atoms with van der Waals surface area (Å²) in [5.74, 6) is -0.923. The predicted molar refractivity (Wildman–Crippen MR) is 110 cm³/mol. The molecule has 2 aromatic carbocycles. The van der Waals surface area contributed by atoms with Crippen LogP contribution in [0.2, 0.25) is 5.15 Å². The van der Waals surface area contributed by atoms with Gasteiger partial charge in [0.2, 0.25) is 0 Å². The first kappa shape index (κ1) is 21.7. The predicted octanol–water partition coefficient (Wildman–Crippen LogP) is 5.32. The van der Waals surface area contributed by atoms with Gasteiger partial charge in [0.1, 0.15) is 11.0 Å². The Kier molecular flexibility index (Phi) is 5.79. The van der Waals surface area contributed by atoms with Crippen molar-refractivity contribution in [2.75, 3.05) is 11.9 Å². The molecule has 2 heterocycles. The van der Waals surface area contributed by atoms with E-state index in [1.165, 1.54) is 36.7 Å². The second kappa shape index (κ2) is 8.54. The van der Waals surface area contributed by atoms with Gasteiger partial charge in [-0.3, -0.25) is 4.98 Å². The standard InChI is InChI=1S/C21H14ClF4N5O/c22-18-10-27-9-17(29-18)16-11-31(30-19(16)12-1-5-14(23)6-2-12)20(32)28-15-7-3-13(4-8-15)21(24,25)26/h1-10,16H,11H2,(H,28,32). The van der Waals surface area contributed by atoms with Crippen LogP contribution in [0.15, 0.2) is 66.0 Å². The van der Waals surface area contributed by atoms with Gasteiger partial charge >= 0.3 is 12.2 Å². The Morgan fingerprint density at radius 3 is 2.38 bits per heavy atom. The number of amides is 2. The number of anilines is 1. The lowest BCUT2D eigenvalue weighted by molar-refractivity contribution is -0.137. The molecule has 1 aliphatic rings. The molecule has 0 fully saturated rings. The third-order valence-electron chi connectivity index (χ3n) is 4.73. The molecule has 0 aliphatic carbocycles. The second-order valence-corrected chi connectivity index (χ2v) is 7.29. The molecule has 1 aromatic heterocycles. The zero-order chi connectivity index (χ0) is 22.9. The molecule has 1 aliphatic heterocycles. The van der Waals surface area contributed by atoms with Crippen LogP contribution in [0.5, 0.6) is 0 Å². The van der Waals surface area contributed by atoms with E-state index >= 15 is 0 Å². The average Bonchev–Trinajstić information content (AvgIpc) is 3.20. The van der Waals surface area contributed by atoms with E-state index in [9.17, 15) is 22.4 Å². The maximum atomic E-state index is 13.4. The molecule has 1 N–H and O–H groups in total. The van der Waals surface area contributed by atoms with Crippen molar-refractivity contribution in [3.63, 3.8) is 0 Å². The molecule has 1 unspecified atom stereocenters. The monoisotopic (exact) mass is 463 g/mol. The van der Waals surface area contributed by atoms with Crippen molar-refractivity contribution in [3.05, 3.63) is 88.7 Å². The smallest absolute Gasteiger partial charge is 0.306 e. The fourth-order valence-corrected chi connectivity index (χ4v) is 3.35. The van der Waals surface area contributed by atoms with Crippen LogP contribution in [0.1, 0.15) is 22.7 Å². The lowest BCUT2D eigenvalue weighted by Crippen LogP contribution is -2.30. The molecule has 2 amide bonds. The van der Waals surface area contributed by atoms with Gasteiger partial charge < -0.3 is 5.32 Å².